The van der Waals surface area contributed by atoms with Crippen LogP contribution in [0.1, 0.15) is 43.9 Å². The molecule has 0 N–H and O–H groups in total. The lowest BCUT2D eigenvalue weighted by molar-refractivity contribution is -0.134. The standard InChI is InChI=1S/C26H29NO5/c1-6-22(28)27(21-9-7-8-18(16-21)10-13-23(29)30-4)17-20-12-11-19-14-15-26(2,3)32-25(19)24(20)31-5/h7-16H,6,17H2,1-5H3/b13-10+. The normalized spacial score (nSPS) is 13.9. The van der Waals surface area contributed by atoms with Gasteiger partial charge in [-0.05, 0) is 43.7 Å². The van der Waals surface area contributed by atoms with E-state index in [1.54, 1.807) is 18.1 Å². The Morgan fingerprint density at radius 2 is 1.94 bits per heavy atom. The second-order valence-corrected chi connectivity index (χ2v) is 8.00. The Balaban J connectivity index is 1.98. The minimum atomic E-state index is -0.446. The summed E-state index contributed by atoms with van der Waals surface area (Å²) in [5.74, 6) is 0.833. The van der Waals surface area contributed by atoms with E-state index in [4.69, 9.17) is 9.47 Å². The molecule has 0 aliphatic carbocycles. The van der Waals surface area contributed by atoms with Crippen molar-refractivity contribution in [2.45, 2.75) is 39.3 Å². The highest BCUT2D eigenvalue weighted by Crippen LogP contribution is 2.41. The Labute approximate surface area is 189 Å². The molecule has 2 aromatic carbocycles. The zero-order valence-corrected chi connectivity index (χ0v) is 19.2. The van der Waals surface area contributed by atoms with Crippen LogP contribution in [-0.2, 0) is 20.9 Å². The maximum Gasteiger partial charge on any atom is 0.330 e. The van der Waals surface area contributed by atoms with Crippen LogP contribution in [0.3, 0.4) is 0 Å². The molecule has 1 aliphatic heterocycles. The third kappa shape index (κ3) is 5.19. The van der Waals surface area contributed by atoms with Crippen molar-refractivity contribution in [1.29, 1.82) is 0 Å². The third-order valence-electron chi connectivity index (χ3n) is 5.18. The van der Waals surface area contributed by atoms with Gasteiger partial charge in [-0.2, -0.15) is 0 Å². The van der Waals surface area contributed by atoms with E-state index in [2.05, 4.69) is 4.74 Å². The number of amides is 1. The number of methoxy groups -OCH3 is 2. The zero-order valence-electron chi connectivity index (χ0n) is 19.2. The smallest absolute Gasteiger partial charge is 0.330 e. The summed E-state index contributed by atoms with van der Waals surface area (Å²) in [6, 6.07) is 11.4. The zero-order chi connectivity index (χ0) is 23.3. The number of carbonyl (C=O) groups is 2. The first-order valence-corrected chi connectivity index (χ1v) is 10.5. The first-order chi connectivity index (χ1) is 15.3. The molecular formula is C26H29NO5. The molecule has 32 heavy (non-hydrogen) atoms. The summed E-state index contributed by atoms with van der Waals surface area (Å²) in [6.07, 6.45) is 7.39. The van der Waals surface area contributed by atoms with Gasteiger partial charge in [-0.15, -0.1) is 0 Å². The number of hydrogen-bond donors (Lipinski definition) is 0. The van der Waals surface area contributed by atoms with E-state index in [9.17, 15) is 9.59 Å². The minimum absolute atomic E-state index is 0.0278. The first-order valence-electron chi connectivity index (χ1n) is 10.5. The fourth-order valence-corrected chi connectivity index (χ4v) is 3.50. The van der Waals surface area contributed by atoms with E-state index in [-0.39, 0.29) is 5.91 Å². The molecule has 0 atom stereocenters. The number of esters is 1. The molecule has 6 nitrogen and oxygen atoms in total. The van der Waals surface area contributed by atoms with E-state index >= 15 is 0 Å². The van der Waals surface area contributed by atoms with Crippen molar-refractivity contribution < 1.29 is 23.8 Å². The Morgan fingerprint density at radius 1 is 1.16 bits per heavy atom. The highest BCUT2D eigenvalue weighted by molar-refractivity contribution is 5.94. The molecule has 2 aromatic rings. The Kier molecular flexibility index (Phi) is 7.03. The van der Waals surface area contributed by atoms with Crippen LogP contribution in [0, 0.1) is 0 Å². The van der Waals surface area contributed by atoms with Crippen LogP contribution in [0.5, 0.6) is 11.5 Å². The van der Waals surface area contributed by atoms with Crippen LogP contribution >= 0.6 is 0 Å². The average Bonchev–Trinajstić information content (AvgIpc) is 2.79. The molecule has 6 heteroatoms. The summed E-state index contributed by atoms with van der Waals surface area (Å²) in [5, 5.41) is 0. The van der Waals surface area contributed by atoms with Crippen LogP contribution < -0.4 is 14.4 Å². The summed E-state index contributed by atoms with van der Waals surface area (Å²) >= 11 is 0. The van der Waals surface area contributed by atoms with Crippen molar-refractivity contribution in [3.63, 3.8) is 0 Å². The average molecular weight is 436 g/mol. The Morgan fingerprint density at radius 3 is 2.62 bits per heavy atom. The number of carbonyl (C=O) groups excluding carboxylic acids is 2. The van der Waals surface area contributed by atoms with Crippen molar-refractivity contribution in [2.24, 2.45) is 0 Å². The molecule has 3 rings (SSSR count). The van der Waals surface area contributed by atoms with Crippen LogP contribution in [0.15, 0.2) is 48.6 Å². The number of anilines is 1. The highest BCUT2D eigenvalue weighted by Gasteiger charge is 2.27. The van der Waals surface area contributed by atoms with Crippen LogP contribution in [0.4, 0.5) is 5.69 Å². The minimum Gasteiger partial charge on any atom is -0.492 e. The first kappa shape index (κ1) is 23.1. The summed E-state index contributed by atoms with van der Waals surface area (Å²) in [4.78, 5) is 26.0. The fraction of sp³-hybridized carbons (Fsp3) is 0.308. The topological polar surface area (TPSA) is 65.1 Å². The third-order valence-corrected chi connectivity index (χ3v) is 5.18. The Bertz CT molecular complexity index is 1070. The maximum absolute atomic E-state index is 12.9. The molecule has 168 valence electrons. The van der Waals surface area contributed by atoms with Gasteiger partial charge >= 0.3 is 5.97 Å². The van der Waals surface area contributed by atoms with Gasteiger partial charge in [-0.25, -0.2) is 4.79 Å². The highest BCUT2D eigenvalue weighted by atomic mass is 16.5. The maximum atomic E-state index is 12.9. The summed E-state index contributed by atoms with van der Waals surface area (Å²) < 4.78 is 16.5. The molecule has 0 bridgehead atoms. The molecule has 0 fully saturated rings. The van der Waals surface area contributed by atoms with E-state index in [0.29, 0.717) is 24.5 Å². The summed E-state index contributed by atoms with van der Waals surface area (Å²) in [6.45, 7) is 6.12. The molecule has 0 saturated carbocycles. The van der Waals surface area contributed by atoms with Gasteiger partial charge in [-0.1, -0.05) is 37.3 Å². The van der Waals surface area contributed by atoms with Crippen molar-refractivity contribution in [2.75, 3.05) is 19.1 Å². The number of fused-ring (bicyclic) bond motifs is 1. The number of rotatable bonds is 7. The lowest BCUT2D eigenvalue weighted by atomic mass is 9.99. The summed E-state index contributed by atoms with van der Waals surface area (Å²) in [5.41, 5.74) is 2.85. The number of ether oxygens (including phenoxy) is 3. The molecule has 1 aliphatic rings. The molecule has 0 saturated heterocycles. The lowest BCUT2D eigenvalue weighted by Gasteiger charge is -2.30. The molecular weight excluding hydrogens is 406 g/mol. The molecule has 0 radical (unpaired) electrons. The van der Waals surface area contributed by atoms with Gasteiger partial charge in [0.15, 0.2) is 11.5 Å². The molecule has 1 heterocycles. The van der Waals surface area contributed by atoms with Crippen LogP contribution in [0.2, 0.25) is 0 Å². The molecule has 0 unspecified atom stereocenters. The van der Waals surface area contributed by atoms with Crippen molar-refractivity contribution in [3.8, 4) is 11.5 Å². The number of nitrogens with zero attached hydrogens (tertiary/aromatic N) is 1. The van der Waals surface area contributed by atoms with Gasteiger partial charge in [0, 0.05) is 29.3 Å². The van der Waals surface area contributed by atoms with E-state index in [1.807, 2.05) is 69.3 Å². The predicted molar refractivity (Wildman–Crippen MR) is 126 cm³/mol. The lowest BCUT2D eigenvalue weighted by Crippen LogP contribution is -2.30. The largest absolute Gasteiger partial charge is 0.492 e. The van der Waals surface area contributed by atoms with Crippen LogP contribution in [-0.4, -0.2) is 31.7 Å². The van der Waals surface area contributed by atoms with Gasteiger partial charge in [0.05, 0.1) is 20.8 Å². The molecule has 0 aromatic heterocycles. The Hall–Kier alpha value is -3.54. The van der Waals surface area contributed by atoms with Gasteiger partial charge in [-0.3, -0.25) is 4.79 Å². The van der Waals surface area contributed by atoms with Gasteiger partial charge in [0.2, 0.25) is 5.91 Å². The van der Waals surface area contributed by atoms with Crippen molar-refractivity contribution in [3.05, 3.63) is 65.2 Å². The van der Waals surface area contributed by atoms with Crippen molar-refractivity contribution in [1.82, 2.24) is 0 Å². The SMILES string of the molecule is CCC(=O)N(Cc1ccc2c(c1OC)OC(C)(C)C=C2)c1cccc(/C=C/C(=O)OC)c1. The quantitative estimate of drug-likeness (QED) is 0.452. The van der Waals surface area contributed by atoms with Gasteiger partial charge in [0.1, 0.15) is 5.60 Å². The molecule has 0 spiro atoms. The van der Waals surface area contributed by atoms with E-state index in [0.717, 1.165) is 22.4 Å². The van der Waals surface area contributed by atoms with E-state index in [1.165, 1.54) is 13.2 Å². The predicted octanol–water partition coefficient (Wildman–Crippen LogP) is 5.01. The summed E-state index contributed by atoms with van der Waals surface area (Å²) in [7, 11) is 2.94. The number of benzene rings is 2. The van der Waals surface area contributed by atoms with Crippen molar-refractivity contribution >= 4 is 29.7 Å². The number of hydrogen-bond acceptors (Lipinski definition) is 5. The van der Waals surface area contributed by atoms with Gasteiger partial charge in [0.25, 0.3) is 0 Å². The monoisotopic (exact) mass is 435 g/mol. The van der Waals surface area contributed by atoms with Crippen LogP contribution in [0.25, 0.3) is 12.2 Å². The second kappa shape index (κ2) is 9.73. The molecule has 1 amide bonds. The van der Waals surface area contributed by atoms with E-state index < -0.39 is 11.6 Å². The van der Waals surface area contributed by atoms with Gasteiger partial charge < -0.3 is 19.1 Å². The fourth-order valence-electron chi connectivity index (χ4n) is 3.50. The second-order valence-electron chi connectivity index (χ2n) is 8.00.